The largest absolute Gasteiger partial charge is 0.505 e. The van der Waals surface area contributed by atoms with Crippen molar-refractivity contribution in [1.29, 1.82) is 0 Å². The van der Waals surface area contributed by atoms with Crippen LogP contribution in [0.15, 0.2) is 47.1 Å². The predicted octanol–water partition coefficient (Wildman–Crippen LogP) is 4.29. The Labute approximate surface area is 154 Å². The van der Waals surface area contributed by atoms with E-state index in [9.17, 15) is 0 Å². The normalized spacial score (nSPS) is 10.7. The van der Waals surface area contributed by atoms with Gasteiger partial charge in [-0.3, -0.25) is 4.98 Å². The summed E-state index contributed by atoms with van der Waals surface area (Å²) in [4.78, 5) is 8.02. The van der Waals surface area contributed by atoms with Crippen molar-refractivity contribution in [2.24, 2.45) is 0 Å². The molecular weight excluding hydrogens is 423 g/mol. The quantitative estimate of drug-likeness (QED) is 0.361. The standard InChI is InChI=1S/C12H15NO3.C5H4INO/c1-3-14-12(15-4-2)11-8-9-10(16-11)6-5-7-13-9;6-5-4(8)2-1-3-7-5/h5-8,12H,3-4H2,1-2H3;1-3,8H. The first-order valence-electron chi connectivity index (χ1n) is 7.52. The van der Waals surface area contributed by atoms with Crippen LogP contribution in [0.4, 0.5) is 0 Å². The number of ether oxygens (including phenoxy) is 2. The second kappa shape index (κ2) is 9.55. The molecule has 3 heterocycles. The van der Waals surface area contributed by atoms with Crippen LogP contribution in [0, 0.1) is 3.70 Å². The average Bonchev–Trinajstić information content (AvgIpc) is 3.02. The Hall–Kier alpha value is -1.71. The Morgan fingerprint density at radius 3 is 2.33 bits per heavy atom. The van der Waals surface area contributed by atoms with E-state index in [2.05, 4.69) is 9.97 Å². The maximum absolute atomic E-state index is 8.85. The Kier molecular flexibility index (Phi) is 7.41. The third-order valence-corrected chi connectivity index (χ3v) is 3.75. The van der Waals surface area contributed by atoms with Crippen LogP contribution in [0.5, 0.6) is 5.75 Å². The molecule has 0 bridgehead atoms. The van der Waals surface area contributed by atoms with E-state index < -0.39 is 6.29 Å². The second-order valence-electron chi connectivity index (χ2n) is 4.59. The first-order chi connectivity index (χ1) is 11.7. The van der Waals surface area contributed by atoms with Gasteiger partial charge in [0.15, 0.2) is 11.3 Å². The lowest BCUT2D eigenvalue weighted by molar-refractivity contribution is -0.150. The summed E-state index contributed by atoms with van der Waals surface area (Å²) in [6.45, 7) is 5.00. The fourth-order valence-electron chi connectivity index (χ4n) is 1.90. The Balaban J connectivity index is 0.000000219. The number of hydrogen-bond donors (Lipinski definition) is 1. The van der Waals surface area contributed by atoms with Gasteiger partial charge in [0.1, 0.15) is 15.0 Å². The number of aromatic nitrogens is 2. The van der Waals surface area contributed by atoms with Crippen molar-refractivity contribution in [3.63, 3.8) is 0 Å². The average molecular weight is 442 g/mol. The molecule has 0 radical (unpaired) electrons. The van der Waals surface area contributed by atoms with E-state index in [-0.39, 0.29) is 5.75 Å². The molecule has 0 aliphatic rings. The number of rotatable bonds is 5. The van der Waals surface area contributed by atoms with Crippen LogP contribution >= 0.6 is 22.6 Å². The van der Waals surface area contributed by atoms with Gasteiger partial charge in [0.25, 0.3) is 0 Å². The van der Waals surface area contributed by atoms with Crippen LogP contribution in [0.25, 0.3) is 11.1 Å². The van der Waals surface area contributed by atoms with E-state index in [1.54, 1.807) is 24.5 Å². The first kappa shape index (κ1) is 18.6. The number of halogens is 1. The number of hydrogen-bond acceptors (Lipinski definition) is 6. The molecular formula is C17H19IN2O4. The van der Waals surface area contributed by atoms with Gasteiger partial charge in [-0.1, -0.05) is 0 Å². The highest BCUT2D eigenvalue weighted by atomic mass is 127. The van der Waals surface area contributed by atoms with E-state index >= 15 is 0 Å². The molecule has 128 valence electrons. The zero-order valence-corrected chi connectivity index (χ0v) is 15.6. The molecule has 0 saturated carbocycles. The number of aromatic hydroxyl groups is 1. The molecule has 1 N–H and O–H groups in total. The molecule has 3 aromatic rings. The highest BCUT2D eigenvalue weighted by Crippen LogP contribution is 2.25. The van der Waals surface area contributed by atoms with E-state index in [1.807, 2.05) is 54.6 Å². The van der Waals surface area contributed by atoms with Crippen molar-refractivity contribution in [1.82, 2.24) is 9.97 Å². The van der Waals surface area contributed by atoms with Gasteiger partial charge in [-0.25, -0.2) is 4.98 Å². The third-order valence-electron chi connectivity index (χ3n) is 2.91. The minimum atomic E-state index is -0.441. The molecule has 24 heavy (non-hydrogen) atoms. The molecule has 0 aliphatic heterocycles. The van der Waals surface area contributed by atoms with Crippen molar-refractivity contribution in [3.8, 4) is 5.75 Å². The zero-order valence-electron chi connectivity index (χ0n) is 13.5. The molecule has 0 aromatic carbocycles. The maximum Gasteiger partial charge on any atom is 0.217 e. The summed E-state index contributed by atoms with van der Waals surface area (Å²) in [5.74, 6) is 0.908. The molecule has 0 fully saturated rings. The van der Waals surface area contributed by atoms with Gasteiger partial charge in [-0.05, 0) is 60.7 Å². The van der Waals surface area contributed by atoms with Gasteiger partial charge in [0, 0.05) is 31.7 Å². The van der Waals surface area contributed by atoms with Gasteiger partial charge in [0.2, 0.25) is 6.29 Å². The van der Waals surface area contributed by atoms with E-state index in [0.717, 1.165) is 11.1 Å². The summed E-state index contributed by atoms with van der Waals surface area (Å²) in [5.41, 5.74) is 1.57. The molecule has 3 rings (SSSR count). The monoisotopic (exact) mass is 442 g/mol. The van der Waals surface area contributed by atoms with Crippen LogP contribution in [0.1, 0.15) is 25.9 Å². The molecule has 0 amide bonds. The summed E-state index contributed by atoms with van der Waals surface area (Å²) in [5, 5.41) is 8.85. The fraction of sp³-hybridized carbons (Fsp3) is 0.294. The number of fused-ring (bicyclic) bond motifs is 1. The van der Waals surface area contributed by atoms with Gasteiger partial charge in [-0.2, -0.15) is 0 Å². The summed E-state index contributed by atoms with van der Waals surface area (Å²) >= 11 is 1.96. The Morgan fingerprint density at radius 1 is 1.12 bits per heavy atom. The topological polar surface area (TPSA) is 77.6 Å². The van der Waals surface area contributed by atoms with Gasteiger partial charge in [-0.15, -0.1) is 0 Å². The van der Waals surface area contributed by atoms with Crippen molar-refractivity contribution >= 4 is 33.7 Å². The van der Waals surface area contributed by atoms with Crippen molar-refractivity contribution in [3.05, 3.63) is 52.2 Å². The van der Waals surface area contributed by atoms with Crippen LogP contribution in [-0.2, 0) is 9.47 Å². The highest BCUT2D eigenvalue weighted by Gasteiger charge is 2.16. The van der Waals surface area contributed by atoms with E-state index in [4.69, 9.17) is 19.0 Å². The van der Waals surface area contributed by atoms with Crippen LogP contribution in [0.3, 0.4) is 0 Å². The minimum Gasteiger partial charge on any atom is -0.505 e. The fourth-order valence-corrected chi connectivity index (χ4v) is 2.24. The summed E-state index contributed by atoms with van der Waals surface area (Å²) < 4.78 is 17.2. The minimum absolute atomic E-state index is 0.244. The second-order valence-corrected chi connectivity index (χ2v) is 5.61. The van der Waals surface area contributed by atoms with Crippen molar-refractivity contribution in [2.45, 2.75) is 20.1 Å². The van der Waals surface area contributed by atoms with Gasteiger partial charge < -0.3 is 19.0 Å². The summed E-state index contributed by atoms with van der Waals surface area (Å²) in [6.07, 6.45) is 2.93. The molecule has 6 nitrogen and oxygen atoms in total. The van der Waals surface area contributed by atoms with Crippen LogP contribution in [-0.4, -0.2) is 28.3 Å². The molecule has 0 spiro atoms. The van der Waals surface area contributed by atoms with Gasteiger partial charge in [0.05, 0.1) is 0 Å². The predicted molar refractivity (Wildman–Crippen MR) is 98.6 cm³/mol. The Bertz CT molecular complexity index is 703. The highest BCUT2D eigenvalue weighted by molar-refractivity contribution is 14.1. The third kappa shape index (κ3) is 5.15. The van der Waals surface area contributed by atoms with Crippen molar-refractivity contribution in [2.75, 3.05) is 13.2 Å². The molecule has 0 saturated heterocycles. The lowest BCUT2D eigenvalue weighted by atomic mass is 10.3. The van der Waals surface area contributed by atoms with E-state index in [1.165, 1.54) is 0 Å². The molecule has 0 atom stereocenters. The zero-order chi connectivity index (χ0) is 17.4. The number of nitrogens with zero attached hydrogens (tertiary/aromatic N) is 2. The smallest absolute Gasteiger partial charge is 0.217 e. The maximum atomic E-state index is 8.85. The Morgan fingerprint density at radius 2 is 1.79 bits per heavy atom. The SMILES string of the molecule is CCOC(OCC)c1cc2ncccc2o1.Oc1cccnc1I. The van der Waals surface area contributed by atoms with Crippen molar-refractivity contribution < 1.29 is 19.0 Å². The van der Waals surface area contributed by atoms with Crippen LogP contribution in [0.2, 0.25) is 0 Å². The molecule has 3 aromatic heterocycles. The first-order valence-corrected chi connectivity index (χ1v) is 8.60. The summed E-state index contributed by atoms with van der Waals surface area (Å²) in [7, 11) is 0. The van der Waals surface area contributed by atoms with Crippen LogP contribution < -0.4 is 0 Å². The lowest BCUT2D eigenvalue weighted by Gasteiger charge is -2.13. The number of furan rings is 1. The summed E-state index contributed by atoms with van der Waals surface area (Å²) in [6, 6.07) is 8.87. The molecule has 7 heteroatoms. The molecule has 0 aliphatic carbocycles. The number of pyridine rings is 2. The van der Waals surface area contributed by atoms with Gasteiger partial charge >= 0.3 is 0 Å². The van der Waals surface area contributed by atoms with E-state index in [0.29, 0.717) is 22.7 Å². The molecule has 0 unspecified atom stereocenters. The lowest BCUT2D eigenvalue weighted by Crippen LogP contribution is -2.07.